The van der Waals surface area contributed by atoms with Crippen LogP contribution in [0.5, 0.6) is 0 Å². The molecule has 1 saturated heterocycles. The third kappa shape index (κ3) is 5.80. The van der Waals surface area contributed by atoms with Crippen LogP contribution in [0.15, 0.2) is 42.5 Å². The molecule has 2 aliphatic rings. The van der Waals surface area contributed by atoms with E-state index in [-0.39, 0.29) is 12.1 Å². The van der Waals surface area contributed by atoms with Gasteiger partial charge in [-0.05, 0) is 61.1 Å². The molecular weight excluding hydrogens is 399 g/mol. The molecule has 0 N–H and O–H groups in total. The second-order valence-electron chi connectivity index (χ2n) is 9.85. The molecule has 0 bridgehead atoms. The third-order valence-corrected chi connectivity index (χ3v) is 7.57. The molecule has 0 atom stereocenters. The molecule has 0 spiro atoms. The Kier molecular flexibility index (Phi) is 8.37. The lowest BCUT2D eigenvalue weighted by atomic mass is 9.77. The average molecular weight is 439 g/mol. The van der Waals surface area contributed by atoms with Crippen molar-refractivity contribution in [2.24, 2.45) is 11.8 Å². The third-order valence-electron chi connectivity index (χ3n) is 7.57. The topological polar surface area (TPSA) is 18.5 Å². The highest BCUT2D eigenvalue weighted by Crippen LogP contribution is 2.38. The van der Waals surface area contributed by atoms with Crippen LogP contribution < -0.4 is 0 Å². The first-order chi connectivity index (χ1) is 15.7. The Hall–Kier alpha value is -1.71. The summed E-state index contributed by atoms with van der Waals surface area (Å²) in [6.07, 6.45) is 10.8. The summed E-state index contributed by atoms with van der Waals surface area (Å²) in [4.78, 5) is 0. The van der Waals surface area contributed by atoms with Crippen LogP contribution >= 0.6 is 0 Å². The summed E-state index contributed by atoms with van der Waals surface area (Å²) < 4.78 is 27.0. The van der Waals surface area contributed by atoms with E-state index < -0.39 is 0 Å². The molecule has 2 aromatic rings. The first-order valence-electron chi connectivity index (χ1n) is 12.8. The summed E-state index contributed by atoms with van der Waals surface area (Å²) >= 11 is 0. The predicted octanol–water partition coefficient (Wildman–Crippen LogP) is 8.42. The molecular formula is C29H39FO2. The molecule has 2 aromatic carbocycles. The molecule has 0 amide bonds. The van der Waals surface area contributed by atoms with Gasteiger partial charge in [-0.15, -0.1) is 0 Å². The highest BCUT2D eigenvalue weighted by molar-refractivity contribution is 5.65. The molecule has 1 aliphatic heterocycles. The van der Waals surface area contributed by atoms with Crippen LogP contribution in [0.3, 0.4) is 0 Å². The van der Waals surface area contributed by atoms with Gasteiger partial charge in [-0.1, -0.05) is 75.9 Å². The quantitative estimate of drug-likeness (QED) is 0.385. The maximum Gasteiger partial charge on any atom is 0.183 e. The monoisotopic (exact) mass is 438 g/mol. The van der Waals surface area contributed by atoms with Gasteiger partial charge in [0.25, 0.3) is 0 Å². The zero-order valence-electron chi connectivity index (χ0n) is 19.8. The minimum Gasteiger partial charge on any atom is -0.348 e. The van der Waals surface area contributed by atoms with Gasteiger partial charge in [0.1, 0.15) is 5.82 Å². The number of hydrogen-bond donors (Lipinski definition) is 0. The molecule has 0 unspecified atom stereocenters. The maximum atomic E-state index is 15.0. The van der Waals surface area contributed by atoms with Crippen molar-refractivity contribution in [1.29, 1.82) is 0 Å². The lowest BCUT2D eigenvalue weighted by molar-refractivity contribution is -0.206. The van der Waals surface area contributed by atoms with Crippen molar-refractivity contribution in [2.45, 2.75) is 83.8 Å². The van der Waals surface area contributed by atoms with E-state index in [0.29, 0.717) is 17.4 Å². The zero-order chi connectivity index (χ0) is 22.3. The van der Waals surface area contributed by atoms with Crippen LogP contribution in [-0.2, 0) is 9.47 Å². The summed E-state index contributed by atoms with van der Waals surface area (Å²) in [5, 5.41) is 0. The highest BCUT2D eigenvalue weighted by atomic mass is 19.1. The van der Waals surface area contributed by atoms with E-state index in [1.54, 1.807) is 6.07 Å². The van der Waals surface area contributed by atoms with Crippen LogP contribution in [0.25, 0.3) is 11.1 Å². The summed E-state index contributed by atoms with van der Waals surface area (Å²) in [5.41, 5.74) is 3.74. The van der Waals surface area contributed by atoms with Gasteiger partial charge < -0.3 is 9.47 Å². The summed E-state index contributed by atoms with van der Waals surface area (Å²) in [6, 6.07) is 13.9. The van der Waals surface area contributed by atoms with Gasteiger partial charge in [-0.3, -0.25) is 0 Å². The number of benzene rings is 2. The van der Waals surface area contributed by atoms with Crippen molar-refractivity contribution in [1.82, 2.24) is 0 Å². The molecule has 1 aliphatic carbocycles. The van der Waals surface area contributed by atoms with Gasteiger partial charge in [-0.25, -0.2) is 4.39 Å². The zero-order valence-corrected chi connectivity index (χ0v) is 19.8. The highest BCUT2D eigenvalue weighted by Gasteiger charge is 2.24. The van der Waals surface area contributed by atoms with E-state index in [1.165, 1.54) is 57.8 Å². The van der Waals surface area contributed by atoms with Crippen molar-refractivity contribution in [3.63, 3.8) is 0 Å². The first-order valence-corrected chi connectivity index (χ1v) is 12.8. The molecule has 4 rings (SSSR count). The Balaban J connectivity index is 1.35. The standard InChI is InChI=1S/C29H39FO2/c1-3-5-6-7-22-19-31-29(32-20-22)25-14-12-24(13-15-25)27-17-16-26(18-28(27)30)23-10-8-21(4-2)9-11-23/h12-18,21-23,29H,3-11,19-20H2,1-2H3/t21-,22?,23-,29?. The number of halogens is 1. The first kappa shape index (κ1) is 23.4. The Morgan fingerprint density at radius 3 is 2.12 bits per heavy atom. The molecule has 3 heteroatoms. The van der Waals surface area contributed by atoms with Crippen molar-refractivity contribution >= 4 is 0 Å². The SMILES string of the molecule is CCCCCC1COC(c2ccc(-c3ccc([C@H]4CC[C@H](CC)CC4)cc3F)cc2)OC1. The summed E-state index contributed by atoms with van der Waals surface area (Å²) in [5.74, 6) is 1.75. The minimum atomic E-state index is -0.308. The van der Waals surface area contributed by atoms with Crippen molar-refractivity contribution < 1.29 is 13.9 Å². The smallest absolute Gasteiger partial charge is 0.183 e. The Morgan fingerprint density at radius 2 is 1.50 bits per heavy atom. The normalized spacial score (nSPS) is 26.2. The number of rotatable bonds is 8. The van der Waals surface area contributed by atoms with Gasteiger partial charge >= 0.3 is 0 Å². The fraction of sp³-hybridized carbons (Fsp3) is 0.586. The number of ether oxygens (including phenoxy) is 2. The van der Waals surface area contributed by atoms with E-state index >= 15 is 4.39 Å². The predicted molar refractivity (Wildman–Crippen MR) is 129 cm³/mol. The minimum absolute atomic E-state index is 0.118. The van der Waals surface area contributed by atoms with E-state index in [1.807, 2.05) is 30.3 Å². The lowest BCUT2D eigenvalue weighted by Gasteiger charge is -2.29. The molecule has 2 fully saturated rings. The Morgan fingerprint density at radius 1 is 0.812 bits per heavy atom. The van der Waals surface area contributed by atoms with Gasteiger partial charge in [0.15, 0.2) is 6.29 Å². The summed E-state index contributed by atoms with van der Waals surface area (Å²) in [7, 11) is 0. The van der Waals surface area contributed by atoms with E-state index in [2.05, 4.69) is 19.9 Å². The largest absolute Gasteiger partial charge is 0.348 e. The van der Waals surface area contributed by atoms with E-state index in [0.717, 1.165) is 35.8 Å². The van der Waals surface area contributed by atoms with Crippen molar-refractivity contribution in [3.8, 4) is 11.1 Å². The van der Waals surface area contributed by atoms with Crippen LogP contribution in [-0.4, -0.2) is 13.2 Å². The Labute approximate surface area is 193 Å². The lowest BCUT2D eigenvalue weighted by Crippen LogP contribution is -2.27. The van der Waals surface area contributed by atoms with E-state index in [9.17, 15) is 0 Å². The molecule has 1 heterocycles. The van der Waals surface area contributed by atoms with Gasteiger partial charge in [0, 0.05) is 17.0 Å². The molecule has 1 saturated carbocycles. The fourth-order valence-electron chi connectivity index (χ4n) is 5.33. The molecule has 0 radical (unpaired) electrons. The van der Waals surface area contributed by atoms with E-state index in [4.69, 9.17) is 9.47 Å². The molecule has 32 heavy (non-hydrogen) atoms. The molecule has 2 nitrogen and oxygen atoms in total. The van der Waals surface area contributed by atoms with Gasteiger partial charge in [0.2, 0.25) is 0 Å². The van der Waals surface area contributed by atoms with Crippen LogP contribution in [0, 0.1) is 17.7 Å². The second kappa shape index (κ2) is 11.4. The Bertz CT molecular complexity index is 831. The van der Waals surface area contributed by atoms with Crippen LogP contribution in [0.4, 0.5) is 4.39 Å². The number of hydrogen-bond acceptors (Lipinski definition) is 2. The summed E-state index contributed by atoms with van der Waals surface area (Å²) in [6.45, 7) is 6.02. The molecule has 174 valence electrons. The second-order valence-corrected chi connectivity index (χ2v) is 9.85. The van der Waals surface area contributed by atoms with Crippen molar-refractivity contribution in [2.75, 3.05) is 13.2 Å². The van der Waals surface area contributed by atoms with Crippen LogP contribution in [0.2, 0.25) is 0 Å². The molecule has 0 aromatic heterocycles. The fourth-order valence-corrected chi connectivity index (χ4v) is 5.33. The average Bonchev–Trinajstić information content (AvgIpc) is 2.85. The maximum absolute atomic E-state index is 15.0. The van der Waals surface area contributed by atoms with Gasteiger partial charge in [-0.2, -0.15) is 0 Å². The van der Waals surface area contributed by atoms with Gasteiger partial charge in [0.05, 0.1) is 13.2 Å². The van der Waals surface area contributed by atoms with Crippen LogP contribution in [0.1, 0.15) is 95.0 Å². The number of unbranched alkanes of at least 4 members (excludes halogenated alkanes) is 2. The van der Waals surface area contributed by atoms with Crippen molar-refractivity contribution in [3.05, 3.63) is 59.4 Å².